The van der Waals surface area contributed by atoms with E-state index in [1.54, 1.807) is 0 Å². The Morgan fingerprint density at radius 2 is 2.05 bits per heavy atom. The van der Waals surface area contributed by atoms with Gasteiger partial charge in [-0.25, -0.2) is 18.1 Å². The predicted molar refractivity (Wildman–Crippen MR) is 80.0 cm³/mol. The molecule has 0 atom stereocenters. The number of sulfonamides is 1. The lowest BCUT2D eigenvalue weighted by atomic mass is 9.87. The summed E-state index contributed by atoms with van der Waals surface area (Å²) < 4.78 is 26.8. The number of pyridine rings is 1. The number of halogens is 1. The first-order valence-electron chi connectivity index (χ1n) is 6.90. The second kappa shape index (κ2) is 6.74. The minimum Gasteiger partial charge on any atom is -0.382 e. The third-order valence-corrected chi connectivity index (χ3v) is 5.46. The third kappa shape index (κ3) is 4.07. The fourth-order valence-corrected chi connectivity index (χ4v) is 3.78. The minimum atomic E-state index is -3.55. The van der Waals surface area contributed by atoms with Gasteiger partial charge in [0.15, 0.2) is 0 Å². The van der Waals surface area contributed by atoms with E-state index >= 15 is 0 Å². The van der Waals surface area contributed by atoms with Crippen molar-refractivity contribution in [2.45, 2.75) is 43.4 Å². The van der Waals surface area contributed by atoms with Crippen molar-refractivity contribution in [3.05, 3.63) is 17.3 Å². The first kappa shape index (κ1) is 15.5. The topological polar surface area (TPSA) is 85.1 Å². The molecule has 0 saturated heterocycles. The molecule has 0 aliphatic heterocycles. The Morgan fingerprint density at radius 3 is 2.70 bits per heavy atom. The van der Waals surface area contributed by atoms with E-state index in [4.69, 9.17) is 17.3 Å². The molecule has 1 fully saturated rings. The molecule has 1 saturated carbocycles. The summed E-state index contributed by atoms with van der Waals surface area (Å²) in [5.41, 5.74) is 5.47. The summed E-state index contributed by atoms with van der Waals surface area (Å²) in [6.07, 6.45) is 8.34. The summed E-state index contributed by atoms with van der Waals surface area (Å²) in [5.74, 6) is 0.771. The van der Waals surface area contributed by atoms with Crippen LogP contribution in [0.2, 0.25) is 5.02 Å². The average Bonchev–Trinajstić information content (AvgIpc) is 2.43. The Morgan fingerprint density at radius 1 is 1.35 bits per heavy atom. The van der Waals surface area contributed by atoms with E-state index < -0.39 is 10.0 Å². The van der Waals surface area contributed by atoms with E-state index in [1.807, 2.05) is 0 Å². The van der Waals surface area contributed by atoms with E-state index in [0.29, 0.717) is 12.5 Å². The zero-order valence-electron chi connectivity index (χ0n) is 11.3. The van der Waals surface area contributed by atoms with Crippen molar-refractivity contribution in [2.75, 3.05) is 12.3 Å². The predicted octanol–water partition coefficient (Wildman–Crippen LogP) is 2.57. The molecule has 7 heteroatoms. The summed E-state index contributed by atoms with van der Waals surface area (Å²) in [6.45, 7) is 0.453. The van der Waals surface area contributed by atoms with Gasteiger partial charge in [0.05, 0.1) is 5.02 Å². The van der Waals surface area contributed by atoms with Crippen molar-refractivity contribution in [2.24, 2.45) is 5.92 Å². The van der Waals surface area contributed by atoms with E-state index in [2.05, 4.69) is 9.71 Å². The second-order valence-electron chi connectivity index (χ2n) is 5.23. The van der Waals surface area contributed by atoms with Gasteiger partial charge >= 0.3 is 0 Å². The quantitative estimate of drug-likeness (QED) is 0.874. The molecule has 0 unspecified atom stereocenters. The summed E-state index contributed by atoms with van der Waals surface area (Å²) in [6, 6.07) is 1.33. The highest BCUT2D eigenvalue weighted by molar-refractivity contribution is 7.89. The van der Waals surface area contributed by atoms with Crippen LogP contribution in [0.3, 0.4) is 0 Å². The summed E-state index contributed by atoms with van der Waals surface area (Å²) in [5, 5.41) is 0.153. The molecule has 1 heterocycles. The van der Waals surface area contributed by atoms with E-state index in [1.165, 1.54) is 44.4 Å². The average molecular weight is 318 g/mol. The van der Waals surface area contributed by atoms with Crippen LogP contribution in [0, 0.1) is 5.92 Å². The van der Waals surface area contributed by atoms with E-state index in [0.717, 1.165) is 6.42 Å². The molecular formula is C13H20ClN3O2S. The number of nitrogen functional groups attached to an aromatic ring is 1. The lowest BCUT2D eigenvalue weighted by molar-refractivity contribution is 0.339. The number of nitrogens with one attached hydrogen (secondary N) is 1. The molecular weight excluding hydrogens is 298 g/mol. The van der Waals surface area contributed by atoms with E-state index in [9.17, 15) is 8.42 Å². The van der Waals surface area contributed by atoms with Crippen LogP contribution in [0.15, 0.2) is 17.2 Å². The highest BCUT2D eigenvalue weighted by Crippen LogP contribution is 2.26. The first-order chi connectivity index (χ1) is 9.49. The van der Waals surface area contributed by atoms with Crippen LogP contribution in [-0.2, 0) is 10.0 Å². The van der Waals surface area contributed by atoms with Gasteiger partial charge in [-0.1, -0.05) is 43.7 Å². The molecule has 0 radical (unpaired) electrons. The van der Waals surface area contributed by atoms with Crippen LogP contribution in [0.5, 0.6) is 0 Å². The molecule has 1 aliphatic carbocycles. The molecule has 5 nitrogen and oxygen atoms in total. The number of aromatic nitrogens is 1. The molecule has 20 heavy (non-hydrogen) atoms. The summed E-state index contributed by atoms with van der Waals surface area (Å²) >= 11 is 5.80. The first-order valence-corrected chi connectivity index (χ1v) is 8.76. The van der Waals surface area contributed by atoms with Gasteiger partial charge in [-0.2, -0.15) is 0 Å². The van der Waals surface area contributed by atoms with Crippen molar-refractivity contribution < 1.29 is 8.42 Å². The van der Waals surface area contributed by atoms with Crippen LogP contribution in [0.25, 0.3) is 0 Å². The van der Waals surface area contributed by atoms with Crippen LogP contribution in [0.4, 0.5) is 5.82 Å². The fraction of sp³-hybridized carbons (Fsp3) is 0.615. The summed E-state index contributed by atoms with van der Waals surface area (Å²) in [7, 11) is -3.55. The van der Waals surface area contributed by atoms with Gasteiger partial charge in [-0.15, -0.1) is 0 Å². The molecule has 1 aliphatic rings. The standard InChI is InChI=1S/C13H20ClN3O2S/c14-12-8-11(9-16-13(12)15)20(18,19)17-7-6-10-4-2-1-3-5-10/h8-10,17H,1-7H2,(H2,15,16). The van der Waals surface area contributed by atoms with Gasteiger partial charge in [0, 0.05) is 12.7 Å². The normalized spacial score (nSPS) is 17.2. The maximum Gasteiger partial charge on any atom is 0.242 e. The zero-order chi connectivity index (χ0) is 14.6. The molecule has 2 rings (SSSR count). The Labute approximate surface area is 125 Å². The smallest absolute Gasteiger partial charge is 0.242 e. The lowest BCUT2D eigenvalue weighted by Crippen LogP contribution is -2.26. The maximum absolute atomic E-state index is 12.1. The zero-order valence-corrected chi connectivity index (χ0v) is 12.9. The van der Waals surface area contributed by atoms with E-state index in [-0.39, 0.29) is 15.7 Å². The Hall–Kier alpha value is -0.850. The summed E-state index contributed by atoms with van der Waals surface area (Å²) in [4.78, 5) is 3.83. The second-order valence-corrected chi connectivity index (χ2v) is 7.40. The Bertz CT molecular complexity index is 557. The minimum absolute atomic E-state index is 0.0559. The van der Waals surface area contributed by atoms with Crippen LogP contribution in [-0.4, -0.2) is 19.9 Å². The Kier molecular flexibility index (Phi) is 5.23. The highest BCUT2D eigenvalue weighted by Gasteiger charge is 2.18. The lowest BCUT2D eigenvalue weighted by Gasteiger charge is -2.21. The van der Waals surface area contributed by atoms with Crippen molar-refractivity contribution in [3.8, 4) is 0 Å². The molecule has 0 aromatic carbocycles. The fourth-order valence-electron chi connectivity index (χ4n) is 2.53. The number of nitrogens with two attached hydrogens (primary N) is 1. The molecule has 0 spiro atoms. The number of nitrogens with zero attached hydrogens (tertiary/aromatic N) is 1. The van der Waals surface area contributed by atoms with Crippen molar-refractivity contribution in [3.63, 3.8) is 0 Å². The molecule has 3 N–H and O–H groups in total. The van der Waals surface area contributed by atoms with Gasteiger partial charge < -0.3 is 5.73 Å². The third-order valence-electron chi connectivity index (χ3n) is 3.72. The number of anilines is 1. The van der Waals surface area contributed by atoms with Gasteiger partial charge in [0.1, 0.15) is 10.7 Å². The van der Waals surface area contributed by atoms with Gasteiger partial charge in [0.2, 0.25) is 10.0 Å². The van der Waals surface area contributed by atoms with Gasteiger partial charge in [-0.05, 0) is 18.4 Å². The van der Waals surface area contributed by atoms with Crippen LogP contribution in [0.1, 0.15) is 38.5 Å². The van der Waals surface area contributed by atoms with Crippen molar-refractivity contribution >= 4 is 27.4 Å². The van der Waals surface area contributed by atoms with Gasteiger partial charge in [0.25, 0.3) is 0 Å². The highest BCUT2D eigenvalue weighted by atomic mass is 35.5. The SMILES string of the molecule is Nc1ncc(S(=O)(=O)NCCC2CCCCC2)cc1Cl. The van der Waals surface area contributed by atoms with Crippen LogP contribution < -0.4 is 10.5 Å². The van der Waals surface area contributed by atoms with Crippen LogP contribution >= 0.6 is 11.6 Å². The molecule has 1 aromatic rings. The molecule has 1 aromatic heterocycles. The van der Waals surface area contributed by atoms with Crippen molar-refractivity contribution in [1.82, 2.24) is 9.71 Å². The number of hydrogen-bond acceptors (Lipinski definition) is 4. The molecule has 0 bridgehead atoms. The number of hydrogen-bond donors (Lipinski definition) is 2. The number of rotatable bonds is 5. The molecule has 0 amide bonds. The van der Waals surface area contributed by atoms with Gasteiger partial charge in [-0.3, -0.25) is 0 Å². The maximum atomic E-state index is 12.1. The largest absolute Gasteiger partial charge is 0.382 e. The molecule has 112 valence electrons. The Balaban J connectivity index is 1.91. The monoisotopic (exact) mass is 317 g/mol. The van der Waals surface area contributed by atoms with Crippen molar-refractivity contribution in [1.29, 1.82) is 0 Å².